The van der Waals surface area contributed by atoms with Crippen molar-refractivity contribution in [2.45, 2.75) is 38.0 Å². The molecule has 4 heterocycles. The lowest BCUT2D eigenvalue weighted by molar-refractivity contribution is -0.145. The van der Waals surface area contributed by atoms with Crippen LogP contribution >= 0.6 is 0 Å². The van der Waals surface area contributed by atoms with Crippen LogP contribution in [-0.4, -0.2) is 33.5 Å². The van der Waals surface area contributed by atoms with E-state index in [4.69, 9.17) is 4.74 Å². The zero-order valence-electron chi connectivity index (χ0n) is 14.0. The van der Waals surface area contributed by atoms with Gasteiger partial charge < -0.3 is 9.30 Å². The highest BCUT2D eigenvalue weighted by Gasteiger charge is 2.63. The van der Waals surface area contributed by atoms with Gasteiger partial charge in [0, 0.05) is 18.1 Å². The second-order valence-electron chi connectivity index (χ2n) is 7.25. The highest BCUT2D eigenvalue weighted by molar-refractivity contribution is 6.06. The number of hydrogen-bond donors (Lipinski definition) is 0. The molecule has 3 aliphatic heterocycles. The van der Waals surface area contributed by atoms with Crippen LogP contribution in [0.3, 0.4) is 0 Å². The van der Waals surface area contributed by atoms with Gasteiger partial charge in [-0.15, -0.1) is 0 Å². The quantitative estimate of drug-likeness (QED) is 0.810. The number of carbonyl (C=O) groups is 2. The fourth-order valence-corrected chi connectivity index (χ4v) is 4.70. The Morgan fingerprint density at radius 3 is 2.08 bits per heavy atom. The molecule has 0 saturated carbocycles. The van der Waals surface area contributed by atoms with Crippen molar-refractivity contribution in [1.82, 2.24) is 9.47 Å². The standard InChI is InChI=1S/C20H20N2O3/c1-12(13-4-6-14(7-5-13)21-10-2-3-11-21)22-19(23)17-15-8-9-16(25-15)18(17)20(22)24/h2-7,10-12,15-18H,8-9H2,1H3/t12-,15-,16-,17-,18+/m1/s1. The largest absolute Gasteiger partial charge is 0.373 e. The molecule has 0 N–H and O–H groups in total. The van der Waals surface area contributed by atoms with Crippen molar-refractivity contribution in [1.29, 1.82) is 0 Å². The number of benzene rings is 1. The molecule has 3 saturated heterocycles. The van der Waals surface area contributed by atoms with Crippen LogP contribution in [-0.2, 0) is 14.3 Å². The van der Waals surface area contributed by atoms with Crippen molar-refractivity contribution in [3.63, 3.8) is 0 Å². The molecule has 0 aliphatic carbocycles. The summed E-state index contributed by atoms with van der Waals surface area (Å²) in [5.41, 5.74) is 2.04. The molecule has 0 spiro atoms. The third-order valence-corrected chi connectivity index (χ3v) is 5.98. The van der Waals surface area contributed by atoms with Crippen molar-refractivity contribution in [3.05, 3.63) is 54.4 Å². The minimum atomic E-state index is -0.257. The fourth-order valence-electron chi connectivity index (χ4n) is 4.70. The van der Waals surface area contributed by atoms with E-state index >= 15 is 0 Å². The maximum atomic E-state index is 12.9. The first kappa shape index (κ1) is 14.9. The molecule has 5 heteroatoms. The number of aromatic nitrogens is 1. The molecule has 5 nitrogen and oxygen atoms in total. The van der Waals surface area contributed by atoms with Gasteiger partial charge in [0.2, 0.25) is 11.8 Å². The molecular weight excluding hydrogens is 316 g/mol. The van der Waals surface area contributed by atoms with Gasteiger partial charge in [-0.05, 0) is 49.6 Å². The monoisotopic (exact) mass is 336 g/mol. The highest BCUT2D eigenvalue weighted by atomic mass is 16.5. The van der Waals surface area contributed by atoms with Gasteiger partial charge in [0.05, 0.1) is 30.1 Å². The van der Waals surface area contributed by atoms with Crippen LogP contribution in [0.15, 0.2) is 48.8 Å². The number of hydrogen-bond acceptors (Lipinski definition) is 3. The van der Waals surface area contributed by atoms with Crippen molar-refractivity contribution < 1.29 is 14.3 Å². The van der Waals surface area contributed by atoms with E-state index in [-0.39, 0.29) is 41.9 Å². The van der Waals surface area contributed by atoms with Gasteiger partial charge in [-0.25, -0.2) is 0 Å². The number of rotatable bonds is 3. The van der Waals surface area contributed by atoms with Crippen LogP contribution in [0.5, 0.6) is 0 Å². The molecular formula is C20H20N2O3. The van der Waals surface area contributed by atoms with Crippen LogP contribution in [0.2, 0.25) is 0 Å². The first-order chi connectivity index (χ1) is 12.1. The summed E-state index contributed by atoms with van der Waals surface area (Å²) in [5.74, 6) is -0.617. The second-order valence-corrected chi connectivity index (χ2v) is 7.25. The molecule has 25 heavy (non-hydrogen) atoms. The molecule has 3 fully saturated rings. The molecule has 1 aromatic heterocycles. The molecule has 2 bridgehead atoms. The fraction of sp³-hybridized carbons (Fsp3) is 0.400. The number of amides is 2. The summed E-state index contributed by atoms with van der Waals surface area (Å²) in [4.78, 5) is 27.2. The molecule has 5 atom stereocenters. The minimum absolute atomic E-state index is 0.0517. The van der Waals surface area contributed by atoms with Crippen LogP contribution in [0.4, 0.5) is 0 Å². The van der Waals surface area contributed by atoms with Crippen LogP contribution in [0.25, 0.3) is 5.69 Å². The van der Waals surface area contributed by atoms with Gasteiger partial charge in [0.1, 0.15) is 0 Å². The smallest absolute Gasteiger partial charge is 0.236 e. The first-order valence-corrected chi connectivity index (χ1v) is 8.91. The molecule has 3 aliphatic rings. The molecule has 0 unspecified atom stereocenters. The maximum Gasteiger partial charge on any atom is 0.236 e. The number of carbonyl (C=O) groups excluding carboxylic acids is 2. The zero-order chi connectivity index (χ0) is 17.1. The Labute approximate surface area is 146 Å². The Morgan fingerprint density at radius 1 is 0.960 bits per heavy atom. The van der Waals surface area contributed by atoms with Gasteiger partial charge in [-0.2, -0.15) is 0 Å². The number of likely N-dealkylation sites (tertiary alicyclic amines) is 1. The van der Waals surface area contributed by atoms with Crippen molar-refractivity contribution in [3.8, 4) is 5.69 Å². The Hall–Kier alpha value is -2.40. The molecule has 5 rings (SSSR count). The normalized spacial score (nSPS) is 31.6. The van der Waals surface area contributed by atoms with E-state index in [1.807, 2.05) is 60.3 Å². The highest BCUT2D eigenvalue weighted by Crippen LogP contribution is 2.50. The zero-order valence-corrected chi connectivity index (χ0v) is 14.0. The number of fused-ring (bicyclic) bond motifs is 5. The summed E-state index contributed by atoms with van der Waals surface area (Å²) < 4.78 is 7.83. The summed E-state index contributed by atoms with van der Waals surface area (Å²) in [7, 11) is 0. The van der Waals surface area contributed by atoms with Crippen molar-refractivity contribution >= 4 is 11.8 Å². The van der Waals surface area contributed by atoms with E-state index in [2.05, 4.69) is 0 Å². The molecule has 128 valence electrons. The average Bonchev–Trinajstić information content (AvgIpc) is 3.39. The number of ether oxygens (including phenoxy) is 1. The van der Waals surface area contributed by atoms with Gasteiger partial charge >= 0.3 is 0 Å². The van der Waals surface area contributed by atoms with Crippen molar-refractivity contribution in [2.75, 3.05) is 0 Å². The second kappa shape index (κ2) is 5.30. The lowest BCUT2D eigenvalue weighted by atomic mass is 9.81. The summed E-state index contributed by atoms with van der Waals surface area (Å²) in [6.07, 6.45) is 5.67. The minimum Gasteiger partial charge on any atom is -0.373 e. The molecule has 2 amide bonds. The SMILES string of the molecule is C[C@H](c1ccc(-n2cccc2)cc1)N1C(=O)[C@@H]2[C@H](C1=O)[C@H]1CC[C@H]2O1. The van der Waals surface area contributed by atoms with E-state index in [1.165, 1.54) is 4.90 Å². The number of nitrogens with zero attached hydrogens (tertiary/aromatic N) is 2. The summed E-state index contributed by atoms with van der Waals surface area (Å²) in [6.45, 7) is 1.93. The predicted octanol–water partition coefficient (Wildman–Crippen LogP) is 2.70. The van der Waals surface area contributed by atoms with E-state index in [0.29, 0.717) is 0 Å². The third kappa shape index (κ3) is 2.05. The van der Waals surface area contributed by atoms with E-state index < -0.39 is 0 Å². The lowest BCUT2D eigenvalue weighted by Gasteiger charge is -2.25. The third-order valence-electron chi connectivity index (χ3n) is 5.98. The molecule has 0 radical (unpaired) electrons. The van der Waals surface area contributed by atoms with Gasteiger partial charge in [-0.1, -0.05) is 12.1 Å². The maximum absolute atomic E-state index is 12.9. The Bertz CT molecular complexity index is 799. The Morgan fingerprint density at radius 2 is 1.52 bits per heavy atom. The molecule has 1 aromatic carbocycles. The van der Waals surface area contributed by atoms with Crippen molar-refractivity contribution in [2.24, 2.45) is 11.8 Å². The Kier molecular flexibility index (Phi) is 3.16. The predicted molar refractivity (Wildman–Crippen MR) is 90.9 cm³/mol. The van der Waals surface area contributed by atoms with Crippen LogP contribution in [0, 0.1) is 11.8 Å². The van der Waals surface area contributed by atoms with Gasteiger partial charge in [0.15, 0.2) is 0 Å². The summed E-state index contributed by atoms with van der Waals surface area (Å²) in [5, 5.41) is 0. The molecule has 2 aromatic rings. The summed E-state index contributed by atoms with van der Waals surface area (Å²) in [6, 6.07) is 11.7. The van der Waals surface area contributed by atoms with E-state index in [0.717, 1.165) is 24.1 Å². The van der Waals surface area contributed by atoms with E-state index in [9.17, 15) is 9.59 Å². The van der Waals surface area contributed by atoms with Gasteiger partial charge in [0.25, 0.3) is 0 Å². The lowest BCUT2D eigenvalue weighted by Crippen LogP contribution is -2.36. The Balaban J connectivity index is 1.42. The topological polar surface area (TPSA) is 51.5 Å². The van der Waals surface area contributed by atoms with Gasteiger partial charge in [-0.3, -0.25) is 14.5 Å². The number of imide groups is 1. The van der Waals surface area contributed by atoms with E-state index in [1.54, 1.807) is 0 Å². The van der Waals surface area contributed by atoms with Crippen LogP contribution < -0.4 is 0 Å². The summed E-state index contributed by atoms with van der Waals surface area (Å²) >= 11 is 0. The average molecular weight is 336 g/mol. The first-order valence-electron chi connectivity index (χ1n) is 8.91. The van der Waals surface area contributed by atoms with Crippen LogP contribution in [0.1, 0.15) is 31.4 Å².